The van der Waals surface area contributed by atoms with Gasteiger partial charge in [0, 0.05) is 50.0 Å². The molecule has 2 N–H and O–H groups in total. The minimum atomic E-state index is -0.486. The van der Waals surface area contributed by atoms with E-state index in [0.29, 0.717) is 0 Å². The van der Waals surface area contributed by atoms with Gasteiger partial charge in [-0.1, -0.05) is 26.2 Å². The Labute approximate surface area is 176 Å². The second-order valence-electron chi connectivity index (χ2n) is 8.94. The highest BCUT2D eigenvalue weighted by Crippen LogP contribution is 2.29. The second-order valence-corrected chi connectivity index (χ2v) is 8.94. The van der Waals surface area contributed by atoms with Gasteiger partial charge in [0.2, 0.25) is 0 Å². The van der Waals surface area contributed by atoms with Crippen LogP contribution in [0.25, 0.3) is 0 Å². The van der Waals surface area contributed by atoms with Crippen LogP contribution in [0.15, 0.2) is 24.3 Å². The van der Waals surface area contributed by atoms with Crippen molar-refractivity contribution in [3.63, 3.8) is 0 Å². The number of anilines is 1. The van der Waals surface area contributed by atoms with Crippen LogP contribution in [0.3, 0.4) is 0 Å². The lowest BCUT2D eigenvalue weighted by Gasteiger charge is -2.40. The molecule has 0 radical (unpaired) electrons. The lowest BCUT2D eigenvalue weighted by Crippen LogP contribution is -2.50. The molecule has 162 valence electrons. The Hall–Kier alpha value is -1.59. The molecule has 1 aromatic carbocycles. The summed E-state index contributed by atoms with van der Waals surface area (Å²) in [5.41, 5.74) is 1.43. The van der Waals surface area contributed by atoms with E-state index in [9.17, 15) is 9.90 Å². The molecule has 2 aliphatic rings. The van der Waals surface area contributed by atoms with Crippen molar-refractivity contribution in [2.75, 3.05) is 37.6 Å². The molecule has 1 amide bonds. The summed E-state index contributed by atoms with van der Waals surface area (Å²) in [4.78, 5) is 17.4. The average Bonchev–Trinajstić information content (AvgIpc) is 2.74. The predicted molar refractivity (Wildman–Crippen MR) is 120 cm³/mol. The predicted octanol–water partition coefficient (Wildman–Crippen LogP) is 3.81. The van der Waals surface area contributed by atoms with E-state index in [-0.39, 0.29) is 11.9 Å². The fourth-order valence-electron chi connectivity index (χ4n) is 4.85. The summed E-state index contributed by atoms with van der Waals surface area (Å²) >= 11 is 0. The number of aliphatic hydroxyl groups is 1. The van der Waals surface area contributed by atoms with Crippen molar-refractivity contribution >= 4 is 11.6 Å². The van der Waals surface area contributed by atoms with Gasteiger partial charge in [-0.2, -0.15) is 0 Å². The zero-order valence-electron chi connectivity index (χ0n) is 18.3. The third kappa shape index (κ3) is 6.19. The third-order valence-corrected chi connectivity index (χ3v) is 6.59. The third-order valence-electron chi connectivity index (χ3n) is 6.59. The standard InChI is InChI=1S/C24H39N3O2/c1-3-16-27(4-2)22-10-8-20(9-11-22)23(28)25-21-12-17-26(18-13-21)19-24(29)14-6-5-7-15-24/h8-11,21,29H,3-7,12-19H2,1-2H3,(H,25,28). The van der Waals surface area contributed by atoms with Crippen LogP contribution in [0, 0.1) is 0 Å². The van der Waals surface area contributed by atoms with Crippen LogP contribution in [0.4, 0.5) is 5.69 Å². The van der Waals surface area contributed by atoms with E-state index in [1.165, 1.54) is 12.1 Å². The van der Waals surface area contributed by atoms with Gasteiger partial charge in [0.05, 0.1) is 5.60 Å². The molecule has 0 bridgehead atoms. The molecule has 1 heterocycles. The Balaban J connectivity index is 1.45. The molecule has 1 aromatic rings. The number of β-amino-alcohol motifs (C(OH)–C–C–N with tert-alkyl or cyclic N) is 1. The first-order valence-corrected chi connectivity index (χ1v) is 11.6. The lowest BCUT2D eigenvalue weighted by molar-refractivity contribution is -0.0312. The molecule has 0 unspecified atom stereocenters. The summed E-state index contributed by atoms with van der Waals surface area (Å²) in [7, 11) is 0. The molecule has 0 spiro atoms. The largest absolute Gasteiger partial charge is 0.389 e. The van der Waals surface area contributed by atoms with Crippen molar-refractivity contribution in [2.45, 2.75) is 76.9 Å². The van der Waals surface area contributed by atoms with Gasteiger partial charge in [-0.05, 0) is 63.3 Å². The van der Waals surface area contributed by atoms with Gasteiger partial charge < -0.3 is 20.2 Å². The Morgan fingerprint density at radius 2 is 1.79 bits per heavy atom. The molecular formula is C24H39N3O2. The van der Waals surface area contributed by atoms with E-state index < -0.39 is 5.60 Å². The molecule has 5 nitrogen and oxygen atoms in total. The van der Waals surface area contributed by atoms with E-state index in [1.54, 1.807) is 0 Å². The van der Waals surface area contributed by atoms with E-state index in [2.05, 4.69) is 41.1 Å². The number of likely N-dealkylation sites (tertiary alicyclic amines) is 1. The second kappa shape index (κ2) is 10.4. The number of benzene rings is 1. The van der Waals surface area contributed by atoms with Crippen molar-refractivity contribution in [3.05, 3.63) is 29.8 Å². The summed E-state index contributed by atoms with van der Waals surface area (Å²) in [6, 6.07) is 8.22. The first-order valence-electron chi connectivity index (χ1n) is 11.6. The Bertz CT molecular complexity index is 632. The van der Waals surface area contributed by atoms with E-state index in [0.717, 1.165) is 83.2 Å². The van der Waals surface area contributed by atoms with Gasteiger partial charge in [-0.3, -0.25) is 4.79 Å². The van der Waals surface area contributed by atoms with Gasteiger partial charge >= 0.3 is 0 Å². The van der Waals surface area contributed by atoms with Gasteiger partial charge in [0.1, 0.15) is 0 Å². The summed E-state index contributed by atoms with van der Waals surface area (Å²) in [5.74, 6) is 0.0273. The fourth-order valence-corrected chi connectivity index (χ4v) is 4.85. The Kier molecular flexibility index (Phi) is 7.96. The molecule has 3 rings (SSSR count). The summed E-state index contributed by atoms with van der Waals surface area (Å²) in [6.07, 6.45) is 8.46. The summed E-state index contributed by atoms with van der Waals surface area (Å²) in [6.45, 7) is 9.06. The molecule has 2 fully saturated rings. The quantitative estimate of drug-likeness (QED) is 0.695. The molecule has 1 aliphatic heterocycles. The zero-order chi connectivity index (χ0) is 20.7. The molecule has 1 saturated heterocycles. The van der Waals surface area contributed by atoms with Crippen LogP contribution < -0.4 is 10.2 Å². The molecule has 1 aliphatic carbocycles. The van der Waals surface area contributed by atoms with Crippen LogP contribution in [0.2, 0.25) is 0 Å². The maximum Gasteiger partial charge on any atom is 0.251 e. The number of nitrogens with zero attached hydrogens (tertiary/aromatic N) is 2. The van der Waals surface area contributed by atoms with Crippen LogP contribution in [-0.2, 0) is 0 Å². The van der Waals surface area contributed by atoms with Crippen LogP contribution in [0.1, 0.15) is 75.6 Å². The summed E-state index contributed by atoms with van der Waals surface area (Å²) in [5, 5.41) is 14.0. The minimum absolute atomic E-state index is 0.0273. The molecule has 5 heteroatoms. The van der Waals surface area contributed by atoms with Gasteiger partial charge in [0.15, 0.2) is 0 Å². The average molecular weight is 402 g/mol. The number of piperidine rings is 1. The number of hydrogen-bond donors (Lipinski definition) is 2. The highest BCUT2D eigenvalue weighted by atomic mass is 16.3. The first kappa shape index (κ1) is 22.1. The van der Waals surface area contributed by atoms with E-state index in [4.69, 9.17) is 0 Å². The Morgan fingerprint density at radius 3 is 2.38 bits per heavy atom. The number of hydrogen-bond acceptors (Lipinski definition) is 4. The van der Waals surface area contributed by atoms with Crippen LogP contribution in [0.5, 0.6) is 0 Å². The SMILES string of the molecule is CCCN(CC)c1ccc(C(=O)NC2CCN(CC3(O)CCCCC3)CC2)cc1. The molecule has 0 atom stereocenters. The highest BCUT2D eigenvalue weighted by molar-refractivity contribution is 5.94. The maximum atomic E-state index is 12.7. The molecule has 29 heavy (non-hydrogen) atoms. The van der Waals surface area contributed by atoms with Gasteiger partial charge in [-0.15, -0.1) is 0 Å². The topological polar surface area (TPSA) is 55.8 Å². The lowest BCUT2D eigenvalue weighted by atomic mass is 9.84. The number of carbonyl (C=O) groups is 1. The number of carbonyl (C=O) groups excluding carboxylic acids is 1. The van der Waals surface area contributed by atoms with Crippen molar-refractivity contribution in [2.24, 2.45) is 0 Å². The summed E-state index contributed by atoms with van der Waals surface area (Å²) < 4.78 is 0. The molecular weight excluding hydrogens is 362 g/mol. The van der Waals surface area contributed by atoms with Gasteiger partial charge in [0.25, 0.3) is 5.91 Å². The molecule has 0 aromatic heterocycles. The first-order chi connectivity index (χ1) is 14.0. The van der Waals surface area contributed by atoms with Crippen molar-refractivity contribution in [3.8, 4) is 0 Å². The fraction of sp³-hybridized carbons (Fsp3) is 0.708. The highest BCUT2D eigenvalue weighted by Gasteiger charge is 2.32. The monoisotopic (exact) mass is 401 g/mol. The van der Waals surface area contributed by atoms with Crippen LogP contribution >= 0.6 is 0 Å². The molecule has 1 saturated carbocycles. The normalized spacial score (nSPS) is 20.4. The Morgan fingerprint density at radius 1 is 1.14 bits per heavy atom. The number of rotatable bonds is 8. The van der Waals surface area contributed by atoms with Gasteiger partial charge in [-0.25, -0.2) is 0 Å². The maximum absolute atomic E-state index is 12.7. The van der Waals surface area contributed by atoms with E-state index >= 15 is 0 Å². The minimum Gasteiger partial charge on any atom is -0.389 e. The number of nitrogens with one attached hydrogen (secondary N) is 1. The smallest absolute Gasteiger partial charge is 0.251 e. The zero-order valence-corrected chi connectivity index (χ0v) is 18.3. The van der Waals surface area contributed by atoms with E-state index in [1.807, 2.05) is 12.1 Å². The van der Waals surface area contributed by atoms with Crippen molar-refractivity contribution in [1.82, 2.24) is 10.2 Å². The van der Waals surface area contributed by atoms with Crippen LogP contribution in [-0.4, -0.2) is 60.3 Å². The van der Waals surface area contributed by atoms with Crippen molar-refractivity contribution < 1.29 is 9.90 Å². The van der Waals surface area contributed by atoms with Crippen molar-refractivity contribution in [1.29, 1.82) is 0 Å². The number of amides is 1.